The first-order valence-corrected chi connectivity index (χ1v) is 4.58. The van der Waals surface area contributed by atoms with Gasteiger partial charge in [-0.05, 0) is 17.7 Å². The predicted molar refractivity (Wildman–Crippen MR) is 54.3 cm³/mol. The van der Waals surface area contributed by atoms with E-state index in [1.54, 1.807) is 11.0 Å². The number of allylic oxidation sites excluding steroid dienone is 1. The number of carbonyl (C=O) groups is 1. The van der Waals surface area contributed by atoms with E-state index >= 15 is 0 Å². The third-order valence-electron chi connectivity index (χ3n) is 2.07. The number of hydrogen-bond acceptors (Lipinski definition) is 2. The molecule has 0 unspecified atom stereocenters. The van der Waals surface area contributed by atoms with Crippen molar-refractivity contribution in [3.8, 4) is 0 Å². The van der Waals surface area contributed by atoms with Gasteiger partial charge in [0.1, 0.15) is 0 Å². The van der Waals surface area contributed by atoms with Gasteiger partial charge >= 0.3 is 0 Å². The van der Waals surface area contributed by atoms with Crippen LogP contribution in [0.25, 0.3) is 0 Å². The number of carboxylic acid groups (broad SMARTS) is 1. The van der Waals surface area contributed by atoms with Gasteiger partial charge in [0, 0.05) is 39.3 Å². The molecular formula is C11H14NO2Y-. The Kier molecular flexibility index (Phi) is 6.07. The number of rotatable bonds is 3. The van der Waals surface area contributed by atoms with Crippen molar-refractivity contribution in [1.82, 2.24) is 4.90 Å². The fraction of sp³-hybridized carbons (Fsp3) is 0.364. The van der Waals surface area contributed by atoms with Crippen LogP contribution in [0.3, 0.4) is 0 Å². The zero-order valence-electron chi connectivity index (χ0n) is 9.08. The second-order valence-corrected chi connectivity index (χ2v) is 3.26. The monoisotopic (exact) mass is 281 g/mol. The van der Waals surface area contributed by atoms with Gasteiger partial charge in [0.25, 0.3) is 0 Å². The molecule has 3 nitrogen and oxygen atoms in total. The van der Waals surface area contributed by atoms with Crippen LogP contribution in [0.5, 0.6) is 0 Å². The summed E-state index contributed by atoms with van der Waals surface area (Å²) in [7, 11) is 0. The average molecular weight is 281 g/mol. The summed E-state index contributed by atoms with van der Waals surface area (Å²) in [5.41, 5.74) is 1.91. The molecule has 0 bridgehead atoms. The van der Waals surface area contributed by atoms with Gasteiger partial charge < -0.3 is 14.8 Å². The average Bonchev–Trinajstić information content (AvgIpc) is 2.12. The molecule has 0 fully saturated rings. The van der Waals surface area contributed by atoms with Crippen molar-refractivity contribution in [2.45, 2.75) is 20.3 Å². The van der Waals surface area contributed by atoms with E-state index < -0.39 is 5.97 Å². The Labute approximate surface area is 115 Å². The molecule has 15 heavy (non-hydrogen) atoms. The van der Waals surface area contributed by atoms with Crippen LogP contribution < -0.4 is 0 Å². The first-order valence-electron chi connectivity index (χ1n) is 4.58. The Morgan fingerprint density at radius 1 is 1.67 bits per heavy atom. The maximum absolute atomic E-state index is 10.8. The quantitative estimate of drug-likeness (QED) is 0.804. The first kappa shape index (κ1) is 14.6. The van der Waals surface area contributed by atoms with Gasteiger partial charge in [-0.2, -0.15) is 0 Å². The standard InChI is InChI=1S/C11H14NO2.Y/c1-4-5-12-7-10(11(13)14)6-8(2)9(12)3;/h6H,3-5H2,1-2H3,(H,13,14);/q-1;. The fourth-order valence-electron chi connectivity index (χ4n) is 1.28. The smallest absolute Gasteiger partial charge is 0.249 e. The molecular weight excluding hydrogens is 267 g/mol. The summed E-state index contributed by atoms with van der Waals surface area (Å²) in [6.45, 7) is 8.52. The number of aliphatic carboxylic acids is 1. The molecule has 0 saturated carbocycles. The van der Waals surface area contributed by atoms with Gasteiger partial charge in [-0.15, -0.1) is 18.2 Å². The van der Waals surface area contributed by atoms with Crippen LogP contribution >= 0.6 is 0 Å². The molecule has 79 valence electrons. The molecule has 0 aliphatic carbocycles. The second-order valence-electron chi connectivity index (χ2n) is 3.26. The molecule has 0 amide bonds. The van der Waals surface area contributed by atoms with Crippen LogP contribution in [-0.2, 0) is 37.5 Å². The van der Waals surface area contributed by atoms with Gasteiger partial charge in [-0.3, -0.25) is 0 Å². The van der Waals surface area contributed by atoms with Gasteiger partial charge in [0.2, 0.25) is 5.97 Å². The summed E-state index contributed by atoms with van der Waals surface area (Å²) in [6, 6.07) is 0. The maximum atomic E-state index is 10.8. The van der Waals surface area contributed by atoms with Crippen LogP contribution in [0, 0.1) is 6.20 Å². The van der Waals surface area contributed by atoms with Crippen molar-refractivity contribution >= 4 is 5.97 Å². The van der Waals surface area contributed by atoms with E-state index in [0.717, 1.165) is 24.2 Å². The van der Waals surface area contributed by atoms with Crippen molar-refractivity contribution in [2.24, 2.45) is 0 Å². The van der Waals surface area contributed by atoms with E-state index in [4.69, 9.17) is 5.11 Å². The minimum absolute atomic E-state index is 0. The SMILES string of the molecule is C=C1C(C)=CC(C(=O)O)=[C-]N1CCC.[Y]. The summed E-state index contributed by atoms with van der Waals surface area (Å²) < 4.78 is 0. The molecule has 0 spiro atoms. The zero-order valence-corrected chi connectivity index (χ0v) is 11.9. The van der Waals surface area contributed by atoms with Gasteiger partial charge in [0.05, 0.1) is 0 Å². The maximum Gasteiger partial charge on any atom is 0.249 e. The second kappa shape index (κ2) is 6.24. The van der Waals surface area contributed by atoms with Crippen LogP contribution in [0.15, 0.2) is 29.5 Å². The van der Waals surface area contributed by atoms with Crippen LogP contribution in [0.4, 0.5) is 0 Å². The minimum atomic E-state index is -0.946. The first-order chi connectivity index (χ1) is 6.56. The van der Waals surface area contributed by atoms with Crippen molar-refractivity contribution in [2.75, 3.05) is 6.54 Å². The summed E-state index contributed by atoms with van der Waals surface area (Å²) in [5, 5.41) is 8.83. The molecule has 0 atom stereocenters. The van der Waals surface area contributed by atoms with Crippen LogP contribution in [0.2, 0.25) is 0 Å². The van der Waals surface area contributed by atoms with Crippen LogP contribution in [-0.4, -0.2) is 22.5 Å². The summed E-state index contributed by atoms with van der Waals surface area (Å²) in [5.74, 6) is -0.946. The number of hydrogen-bond donors (Lipinski definition) is 1. The Bertz CT molecular complexity index is 331. The summed E-state index contributed by atoms with van der Waals surface area (Å²) >= 11 is 0. The molecule has 0 aromatic carbocycles. The molecule has 0 aromatic heterocycles. The van der Waals surface area contributed by atoms with E-state index in [2.05, 4.69) is 12.8 Å². The van der Waals surface area contributed by atoms with Gasteiger partial charge in [-0.1, -0.05) is 20.0 Å². The molecule has 1 heterocycles. The van der Waals surface area contributed by atoms with E-state index in [0.29, 0.717) is 0 Å². The number of nitrogens with zero attached hydrogens (tertiary/aromatic N) is 1. The zero-order chi connectivity index (χ0) is 10.7. The van der Waals surface area contributed by atoms with E-state index in [9.17, 15) is 4.79 Å². The normalized spacial score (nSPS) is 15.3. The molecule has 0 saturated heterocycles. The summed E-state index contributed by atoms with van der Waals surface area (Å²) in [6.07, 6.45) is 5.34. The Hall–Kier alpha value is -0.406. The summed E-state index contributed by atoms with van der Waals surface area (Å²) in [4.78, 5) is 12.5. The van der Waals surface area contributed by atoms with E-state index in [-0.39, 0.29) is 38.3 Å². The van der Waals surface area contributed by atoms with Crippen molar-refractivity contribution in [3.63, 3.8) is 0 Å². The Balaban J connectivity index is 0.00000196. The molecule has 1 rings (SSSR count). The third-order valence-corrected chi connectivity index (χ3v) is 2.07. The topological polar surface area (TPSA) is 40.5 Å². The van der Waals surface area contributed by atoms with Gasteiger partial charge in [-0.25, -0.2) is 0 Å². The van der Waals surface area contributed by atoms with Gasteiger partial charge in [0.15, 0.2) is 0 Å². The molecule has 4 heteroatoms. The van der Waals surface area contributed by atoms with E-state index in [1.165, 1.54) is 0 Å². The predicted octanol–water partition coefficient (Wildman–Crippen LogP) is 1.94. The molecule has 1 aliphatic heterocycles. The number of carboxylic acids is 1. The molecule has 1 N–H and O–H groups in total. The van der Waals surface area contributed by atoms with E-state index in [1.807, 2.05) is 13.8 Å². The Morgan fingerprint density at radius 3 is 2.73 bits per heavy atom. The van der Waals surface area contributed by atoms with Crippen molar-refractivity contribution in [1.29, 1.82) is 0 Å². The fourth-order valence-corrected chi connectivity index (χ4v) is 1.28. The third kappa shape index (κ3) is 3.58. The Morgan fingerprint density at radius 2 is 2.27 bits per heavy atom. The minimum Gasteiger partial charge on any atom is -0.521 e. The molecule has 0 aromatic rings. The van der Waals surface area contributed by atoms with Crippen molar-refractivity contribution < 1.29 is 42.6 Å². The molecule has 1 radical (unpaired) electrons. The van der Waals surface area contributed by atoms with Crippen molar-refractivity contribution in [3.05, 3.63) is 35.7 Å². The van der Waals surface area contributed by atoms with Crippen LogP contribution in [0.1, 0.15) is 20.3 Å². The molecule has 1 aliphatic rings. The largest absolute Gasteiger partial charge is 0.521 e.